The van der Waals surface area contributed by atoms with Crippen molar-refractivity contribution in [3.05, 3.63) is 42.5 Å². The highest BCUT2D eigenvalue weighted by Crippen LogP contribution is 2.29. The Hall–Kier alpha value is -3.09. The number of urea groups is 1. The molecule has 2 aromatic carbocycles. The van der Waals surface area contributed by atoms with Crippen LogP contribution in [0.2, 0.25) is 0 Å². The molecule has 0 saturated heterocycles. The summed E-state index contributed by atoms with van der Waals surface area (Å²) < 4.78 is 21.1. The number of hydrogen-bond acceptors (Lipinski definition) is 5. The van der Waals surface area contributed by atoms with Crippen LogP contribution < -0.4 is 29.6 Å². The van der Waals surface area contributed by atoms with E-state index in [4.69, 9.17) is 18.9 Å². The summed E-state index contributed by atoms with van der Waals surface area (Å²) in [5, 5.41) is 5.44. The van der Waals surface area contributed by atoms with E-state index in [1.165, 1.54) is 7.11 Å². The first-order valence-corrected chi connectivity index (χ1v) is 7.70. The van der Waals surface area contributed by atoms with Gasteiger partial charge in [-0.1, -0.05) is 12.1 Å². The molecule has 0 spiro atoms. The molecule has 7 nitrogen and oxygen atoms in total. The second-order valence-corrected chi connectivity index (χ2v) is 4.95. The molecule has 7 heteroatoms. The second-order valence-electron chi connectivity index (χ2n) is 4.95. The Kier molecular flexibility index (Phi) is 6.76. The SMILES string of the molecule is COc1ccc(NC(=O)NCCOc2ccccc2OC)cc1OC. The van der Waals surface area contributed by atoms with Crippen molar-refractivity contribution in [3.8, 4) is 23.0 Å². The average Bonchev–Trinajstić information content (AvgIpc) is 2.65. The predicted molar refractivity (Wildman–Crippen MR) is 95.1 cm³/mol. The third-order valence-corrected chi connectivity index (χ3v) is 3.36. The van der Waals surface area contributed by atoms with Crippen molar-refractivity contribution in [2.75, 3.05) is 39.8 Å². The van der Waals surface area contributed by atoms with Gasteiger partial charge in [-0.15, -0.1) is 0 Å². The van der Waals surface area contributed by atoms with Crippen molar-refractivity contribution in [1.29, 1.82) is 0 Å². The predicted octanol–water partition coefficient (Wildman–Crippen LogP) is 2.91. The van der Waals surface area contributed by atoms with Gasteiger partial charge in [0.15, 0.2) is 23.0 Å². The van der Waals surface area contributed by atoms with Crippen LogP contribution in [0, 0.1) is 0 Å². The van der Waals surface area contributed by atoms with E-state index < -0.39 is 0 Å². The fourth-order valence-electron chi connectivity index (χ4n) is 2.15. The first kappa shape index (κ1) is 18.3. The molecule has 0 unspecified atom stereocenters. The number of nitrogens with one attached hydrogen (secondary N) is 2. The highest BCUT2D eigenvalue weighted by atomic mass is 16.5. The summed E-state index contributed by atoms with van der Waals surface area (Å²) in [6.07, 6.45) is 0. The quantitative estimate of drug-likeness (QED) is 0.719. The molecule has 0 aromatic heterocycles. The van der Waals surface area contributed by atoms with Crippen LogP contribution in [0.15, 0.2) is 42.5 Å². The monoisotopic (exact) mass is 346 g/mol. The molecule has 25 heavy (non-hydrogen) atoms. The van der Waals surface area contributed by atoms with Crippen molar-refractivity contribution in [3.63, 3.8) is 0 Å². The summed E-state index contributed by atoms with van der Waals surface area (Å²) in [7, 11) is 4.67. The number of hydrogen-bond donors (Lipinski definition) is 2. The van der Waals surface area contributed by atoms with Gasteiger partial charge >= 0.3 is 6.03 Å². The minimum Gasteiger partial charge on any atom is -0.493 e. The lowest BCUT2D eigenvalue weighted by molar-refractivity contribution is 0.246. The summed E-state index contributed by atoms with van der Waals surface area (Å²) in [6, 6.07) is 12.1. The molecule has 0 saturated carbocycles. The number of methoxy groups -OCH3 is 3. The lowest BCUT2D eigenvalue weighted by Gasteiger charge is -2.12. The number of para-hydroxylation sites is 2. The fourth-order valence-corrected chi connectivity index (χ4v) is 2.15. The van der Waals surface area contributed by atoms with Crippen molar-refractivity contribution >= 4 is 11.7 Å². The van der Waals surface area contributed by atoms with Crippen LogP contribution in [0.3, 0.4) is 0 Å². The third kappa shape index (κ3) is 5.20. The maximum Gasteiger partial charge on any atom is 0.319 e. The van der Waals surface area contributed by atoms with Gasteiger partial charge in [-0.05, 0) is 24.3 Å². The Balaban J connectivity index is 1.79. The summed E-state index contributed by atoms with van der Waals surface area (Å²) >= 11 is 0. The molecule has 134 valence electrons. The summed E-state index contributed by atoms with van der Waals surface area (Å²) in [4.78, 5) is 11.9. The minimum absolute atomic E-state index is 0.319. The van der Waals surface area contributed by atoms with E-state index in [0.717, 1.165) is 0 Å². The van der Waals surface area contributed by atoms with E-state index in [2.05, 4.69) is 10.6 Å². The van der Waals surface area contributed by atoms with Crippen LogP contribution in [-0.4, -0.2) is 40.5 Å². The normalized spacial score (nSPS) is 9.88. The largest absolute Gasteiger partial charge is 0.493 e. The van der Waals surface area contributed by atoms with Gasteiger partial charge < -0.3 is 29.6 Å². The van der Waals surface area contributed by atoms with Crippen molar-refractivity contribution < 1.29 is 23.7 Å². The lowest BCUT2D eigenvalue weighted by atomic mass is 10.3. The van der Waals surface area contributed by atoms with Crippen LogP contribution in [0.5, 0.6) is 23.0 Å². The number of benzene rings is 2. The lowest BCUT2D eigenvalue weighted by Crippen LogP contribution is -2.32. The molecule has 0 aliphatic heterocycles. The van der Waals surface area contributed by atoms with Gasteiger partial charge in [-0.25, -0.2) is 4.79 Å². The Morgan fingerprint density at radius 1 is 0.880 bits per heavy atom. The summed E-state index contributed by atoms with van der Waals surface area (Å²) in [5.41, 5.74) is 0.598. The molecule has 2 N–H and O–H groups in total. The molecule has 0 fully saturated rings. The number of rotatable bonds is 8. The van der Waals surface area contributed by atoms with Gasteiger partial charge in [0.25, 0.3) is 0 Å². The second kappa shape index (κ2) is 9.27. The van der Waals surface area contributed by atoms with Gasteiger partial charge in [0.1, 0.15) is 6.61 Å². The minimum atomic E-state index is -0.337. The van der Waals surface area contributed by atoms with E-state index in [0.29, 0.717) is 41.8 Å². The van der Waals surface area contributed by atoms with Gasteiger partial charge in [0, 0.05) is 11.8 Å². The number of ether oxygens (including phenoxy) is 4. The molecule has 0 aliphatic carbocycles. The average molecular weight is 346 g/mol. The van der Waals surface area contributed by atoms with Crippen LogP contribution in [-0.2, 0) is 0 Å². The Morgan fingerprint density at radius 2 is 1.52 bits per heavy atom. The topological polar surface area (TPSA) is 78.1 Å². The molecule has 0 heterocycles. The van der Waals surface area contributed by atoms with Crippen molar-refractivity contribution in [2.24, 2.45) is 0 Å². The molecule has 0 bridgehead atoms. The molecule has 2 amide bonds. The number of carbonyl (C=O) groups excluding carboxylic acids is 1. The first-order valence-electron chi connectivity index (χ1n) is 7.70. The molecule has 0 aliphatic rings. The van der Waals surface area contributed by atoms with E-state index in [1.54, 1.807) is 32.4 Å². The van der Waals surface area contributed by atoms with Gasteiger partial charge in [0.2, 0.25) is 0 Å². The van der Waals surface area contributed by atoms with Crippen LogP contribution >= 0.6 is 0 Å². The zero-order chi connectivity index (χ0) is 18.1. The molecule has 2 aromatic rings. The Labute approximate surface area is 146 Å². The smallest absolute Gasteiger partial charge is 0.319 e. The molecule has 2 rings (SSSR count). The third-order valence-electron chi connectivity index (χ3n) is 3.36. The highest BCUT2D eigenvalue weighted by molar-refractivity contribution is 5.89. The highest BCUT2D eigenvalue weighted by Gasteiger charge is 2.07. The van der Waals surface area contributed by atoms with Crippen LogP contribution in [0.1, 0.15) is 0 Å². The van der Waals surface area contributed by atoms with Crippen molar-refractivity contribution in [2.45, 2.75) is 0 Å². The van der Waals surface area contributed by atoms with Crippen LogP contribution in [0.4, 0.5) is 10.5 Å². The van der Waals surface area contributed by atoms with E-state index >= 15 is 0 Å². The van der Waals surface area contributed by atoms with Gasteiger partial charge in [0.05, 0.1) is 27.9 Å². The molecular weight excluding hydrogens is 324 g/mol. The number of anilines is 1. The van der Waals surface area contributed by atoms with Gasteiger partial charge in [-0.3, -0.25) is 0 Å². The molecule has 0 radical (unpaired) electrons. The maximum atomic E-state index is 11.9. The maximum absolute atomic E-state index is 11.9. The zero-order valence-corrected chi connectivity index (χ0v) is 14.5. The number of carbonyl (C=O) groups is 1. The molecule has 0 atom stereocenters. The fraction of sp³-hybridized carbons (Fsp3) is 0.278. The van der Waals surface area contributed by atoms with E-state index in [1.807, 2.05) is 24.3 Å². The molecular formula is C18H22N2O5. The standard InChI is InChI=1S/C18H22N2O5/c1-22-14-6-4-5-7-16(14)25-11-10-19-18(21)20-13-8-9-15(23-2)17(12-13)24-3/h4-9,12H,10-11H2,1-3H3,(H2,19,20,21). The summed E-state index contributed by atoms with van der Waals surface area (Å²) in [6.45, 7) is 0.664. The van der Waals surface area contributed by atoms with Crippen LogP contribution in [0.25, 0.3) is 0 Å². The van der Waals surface area contributed by atoms with Crippen molar-refractivity contribution in [1.82, 2.24) is 5.32 Å². The summed E-state index contributed by atoms with van der Waals surface area (Å²) in [5.74, 6) is 2.42. The van der Waals surface area contributed by atoms with Gasteiger partial charge in [-0.2, -0.15) is 0 Å². The van der Waals surface area contributed by atoms with E-state index in [-0.39, 0.29) is 6.03 Å². The first-order chi connectivity index (χ1) is 12.2. The Morgan fingerprint density at radius 3 is 2.20 bits per heavy atom. The zero-order valence-electron chi connectivity index (χ0n) is 14.5. The number of amides is 2. The Bertz CT molecular complexity index is 706. The van der Waals surface area contributed by atoms with E-state index in [9.17, 15) is 4.79 Å².